The minimum Gasteiger partial charge on any atom is -0.392 e. The second-order valence-electron chi connectivity index (χ2n) is 4.95. The van der Waals surface area contributed by atoms with Gasteiger partial charge in [-0.25, -0.2) is 4.98 Å². The standard InChI is InChI=1S/C15H18N2OS/c1-11-9-17(6-7-19-11)15-13(10-18)8-12-4-2-3-5-14(12)16-15/h2-5,8,11,18H,6-7,9-10H2,1H3/t11-/m1/s1. The number of thioether (sulfide) groups is 1. The van der Waals surface area contributed by atoms with Gasteiger partial charge in [0.05, 0.1) is 12.1 Å². The van der Waals surface area contributed by atoms with Crippen molar-refractivity contribution in [3.8, 4) is 0 Å². The Hall–Kier alpha value is -1.26. The van der Waals surface area contributed by atoms with E-state index >= 15 is 0 Å². The monoisotopic (exact) mass is 274 g/mol. The van der Waals surface area contributed by atoms with Gasteiger partial charge < -0.3 is 10.0 Å². The van der Waals surface area contributed by atoms with Gasteiger partial charge in [0.2, 0.25) is 0 Å². The molecule has 1 atom stereocenters. The van der Waals surface area contributed by atoms with E-state index in [0.29, 0.717) is 5.25 Å². The van der Waals surface area contributed by atoms with Crippen molar-refractivity contribution in [3.05, 3.63) is 35.9 Å². The van der Waals surface area contributed by atoms with Gasteiger partial charge in [-0.1, -0.05) is 25.1 Å². The number of hydrogen-bond donors (Lipinski definition) is 1. The molecule has 0 amide bonds. The zero-order valence-corrected chi connectivity index (χ0v) is 11.9. The molecule has 100 valence electrons. The Bertz CT molecular complexity index is 587. The van der Waals surface area contributed by atoms with Crippen molar-refractivity contribution in [2.45, 2.75) is 18.8 Å². The summed E-state index contributed by atoms with van der Waals surface area (Å²) in [7, 11) is 0. The molecule has 1 fully saturated rings. The summed E-state index contributed by atoms with van der Waals surface area (Å²) in [6.07, 6.45) is 0. The summed E-state index contributed by atoms with van der Waals surface area (Å²) in [5, 5.41) is 11.3. The Morgan fingerprint density at radius 3 is 3.05 bits per heavy atom. The number of rotatable bonds is 2. The maximum Gasteiger partial charge on any atom is 0.134 e. The van der Waals surface area contributed by atoms with Gasteiger partial charge in [0.15, 0.2) is 0 Å². The average molecular weight is 274 g/mol. The van der Waals surface area contributed by atoms with Crippen molar-refractivity contribution in [2.24, 2.45) is 0 Å². The first-order chi connectivity index (χ1) is 9.28. The molecule has 0 saturated carbocycles. The van der Waals surface area contributed by atoms with Gasteiger partial charge >= 0.3 is 0 Å². The van der Waals surface area contributed by atoms with Crippen LogP contribution in [0.1, 0.15) is 12.5 Å². The Kier molecular flexibility index (Phi) is 3.62. The van der Waals surface area contributed by atoms with Crippen LogP contribution in [-0.4, -0.2) is 34.2 Å². The minimum atomic E-state index is 0.0468. The van der Waals surface area contributed by atoms with E-state index in [0.717, 1.165) is 41.1 Å². The van der Waals surface area contributed by atoms with Crippen molar-refractivity contribution in [2.75, 3.05) is 23.7 Å². The molecule has 0 unspecified atom stereocenters. The first-order valence-corrected chi connectivity index (χ1v) is 7.69. The van der Waals surface area contributed by atoms with E-state index in [9.17, 15) is 5.11 Å². The van der Waals surface area contributed by atoms with Gasteiger partial charge in [-0.3, -0.25) is 0 Å². The second kappa shape index (κ2) is 5.39. The van der Waals surface area contributed by atoms with Crippen LogP contribution in [0.5, 0.6) is 0 Å². The van der Waals surface area contributed by atoms with Gasteiger partial charge in [0, 0.05) is 35.0 Å². The van der Waals surface area contributed by atoms with Gasteiger partial charge in [0.25, 0.3) is 0 Å². The first-order valence-electron chi connectivity index (χ1n) is 6.64. The van der Waals surface area contributed by atoms with Crippen molar-refractivity contribution in [1.29, 1.82) is 0 Å². The summed E-state index contributed by atoms with van der Waals surface area (Å²) in [5.74, 6) is 2.08. The number of benzene rings is 1. The lowest BCUT2D eigenvalue weighted by molar-refractivity contribution is 0.282. The largest absolute Gasteiger partial charge is 0.392 e. The van der Waals surface area contributed by atoms with Crippen LogP contribution in [0.15, 0.2) is 30.3 Å². The Morgan fingerprint density at radius 2 is 2.26 bits per heavy atom. The lowest BCUT2D eigenvalue weighted by atomic mass is 10.1. The summed E-state index contributed by atoms with van der Waals surface area (Å²) in [6, 6.07) is 10.1. The molecule has 1 aliphatic heterocycles. The zero-order valence-electron chi connectivity index (χ0n) is 11.0. The number of anilines is 1. The molecule has 2 heterocycles. The van der Waals surface area contributed by atoms with Crippen LogP contribution in [0.2, 0.25) is 0 Å². The van der Waals surface area contributed by atoms with Crippen LogP contribution in [0, 0.1) is 0 Å². The van der Waals surface area contributed by atoms with E-state index < -0.39 is 0 Å². The van der Waals surface area contributed by atoms with Crippen molar-refractivity contribution in [3.63, 3.8) is 0 Å². The predicted octanol–water partition coefficient (Wildman–Crippen LogP) is 2.67. The number of aliphatic hydroxyl groups excluding tert-OH is 1. The van der Waals surface area contributed by atoms with Crippen molar-refractivity contribution < 1.29 is 5.11 Å². The summed E-state index contributed by atoms with van der Waals surface area (Å²) in [5.41, 5.74) is 1.93. The van der Waals surface area contributed by atoms with Crippen molar-refractivity contribution >= 4 is 28.5 Å². The number of hydrogen-bond acceptors (Lipinski definition) is 4. The third-order valence-electron chi connectivity index (χ3n) is 3.49. The highest BCUT2D eigenvalue weighted by molar-refractivity contribution is 8.00. The molecule has 2 aromatic rings. The molecule has 1 N–H and O–H groups in total. The molecule has 1 aromatic heterocycles. The van der Waals surface area contributed by atoms with Crippen LogP contribution in [0.3, 0.4) is 0 Å². The maximum atomic E-state index is 9.60. The maximum absolute atomic E-state index is 9.60. The lowest BCUT2D eigenvalue weighted by Gasteiger charge is -2.32. The number of aromatic nitrogens is 1. The highest BCUT2D eigenvalue weighted by Crippen LogP contribution is 2.28. The molecule has 0 aliphatic carbocycles. The molecule has 19 heavy (non-hydrogen) atoms. The minimum absolute atomic E-state index is 0.0468. The van der Waals surface area contributed by atoms with Gasteiger partial charge in [-0.2, -0.15) is 11.8 Å². The average Bonchev–Trinajstić information content (AvgIpc) is 2.46. The molecular weight excluding hydrogens is 256 g/mol. The van der Waals surface area contributed by atoms with E-state index in [2.05, 4.69) is 17.9 Å². The molecule has 1 aromatic carbocycles. The van der Waals surface area contributed by atoms with Crippen LogP contribution in [0.25, 0.3) is 10.9 Å². The fraction of sp³-hybridized carbons (Fsp3) is 0.400. The Labute approximate surface area is 117 Å². The molecule has 0 radical (unpaired) electrons. The smallest absolute Gasteiger partial charge is 0.134 e. The molecule has 3 nitrogen and oxygen atoms in total. The second-order valence-corrected chi connectivity index (χ2v) is 6.50. The highest BCUT2D eigenvalue weighted by atomic mass is 32.2. The quantitative estimate of drug-likeness (QED) is 0.913. The molecule has 1 saturated heterocycles. The Morgan fingerprint density at radius 1 is 1.42 bits per heavy atom. The topological polar surface area (TPSA) is 36.4 Å². The molecule has 1 aliphatic rings. The number of pyridine rings is 1. The van der Waals surface area contributed by atoms with E-state index in [1.807, 2.05) is 36.0 Å². The fourth-order valence-corrected chi connectivity index (χ4v) is 3.56. The first kappa shape index (κ1) is 12.8. The van der Waals surface area contributed by atoms with Crippen LogP contribution in [-0.2, 0) is 6.61 Å². The van der Waals surface area contributed by atoms with Crippen LogP contribution in [0.4, 0.5) is 5.82 Å². The SMILES string of the molecule is C[C@@H]1CN(c2nc3ccccc3cc2CO)CCS1. The predicted molar refractivity (Wildman–Crippen MR) is 81.8 cm³/mol. The fourth-order valence-electron chi connectivity index (χ4n) is 2.55. The van der Waals surface area contributed by atoms with E-state index in [-0.39, 0.29) is 6.61 Å². The van der Waals surface area contributed by atoms with Crippen LogP contribution >= 0.6 is 11.8 Å². The van der Waals surface area contributed by atoms with E-state index in [4.69, 9.17) is 4.98 Å². The molecular formula is C15H18N2OS. The van der Waals surface area contributed by atoms with Crippen LogP contribution < -0.4 is 4.90 Å². The zero-order chi connectivity index (χ0) is 13.2. The molecule has 0 spiro atoms. The summed E-state index contributed by atoms with van der Waals surface area (Å²) in [4.78, 5) is 7.07. The molecule has 4 heteroatoms. The normalized spacial score (nSPS) is 19.9. The number of para-hydroxylation sites is 1. The van der Waals surface area contributed by atoms with E-state index in [1.165, 1.54) is 0 Å². The Balaban J connectivity index is 2.05. The molecule has 0 bridgehead atoms. The highest BCUT2D eigenvalue weighted by Gasteiger charge is 2.20. The lowest BCUT2D eigenvalue weighted by Crippen LogP contribution is -2.37. The van der Waals surface area contributed by atoms with E-state index in [1.54, 1.807) is 0 Å². The number of fused-ring (bicyclic) bond motifs is 1. The van der Waals surface area contributed by atoms with Gasteiger partial charge in [0.1, 0.15) is 5.82 Å². The third kappa shape index (κ3) is 2.55. The van der Waals surface area contributed by atoms with Gasteiger partial charge in [-0.15, -0.1) is 0 Å². The molecule has 3 rings (SSSR count). The number of nitrogens with zero attached hydrogens (tertiary/aromatic N) is 2. The summed E-state index contributed by atoms with van der Waals surface area (Å²) >= 11 is 2.00. The summed E-state index contributed by atoms with van der Waals surface area (Å²) < 4.78 is 0. The summed E-state index contributed by atoms with van der Waals surface area (Å²) in [6.45, 7) is 4.30. The van der Waals surface area contributed by atoms with Crippen molar-refractivity contribution in [1.82, 2.24) is 4.98 Å². The number of aliphatic hydroxyl groups is 1. The van der Waals surface area contributed by atoms with Gasteiger partial charge in [-0.05, 0) is 12.1 Å². The third-order valence-corrected chi connectivity index (χ3v) is 4.63.